The van der Waals surface area contributed by atoms with E-state index >= 15 is 0 Å². The van der Waals surface area contributed by atoms with Crippen molar-refractivity contribution < 1.29 is 17.9 Å². The molecule has 0 spiro atoms. The summed E-state index contributed by atoms with van der Waals surface area (Å²) in [5, 5.41) is 6.69. The Labute approximate surface area is 208 Å². The van der Waals surface area contributed by atoms with Gasteiger partial charge in [0.2, 0.25) is 17.8 Å². The van der Waals surface area contributed by atoms with Crippen LogP contribution < -0.4 is 20.3 Å². The van der Waals surface area contributed by atoms with E-state index in [-0.39, 0.29) is 18.1 Å². The minimum atomic E-state index is -3.50. The zero-order valence-corrected chi connectivity index (χ0v) is 21.9. The first-order valence-electron chi connectivity index (χ1n) is 12.8. The molecule has 0 aromatic carbocycles. The zero-order valence-electron chi connectivity index (χ0n) is 21.1. The summed E-state index contributed by atoms with van der Waals surface area (Å²) in [5.41, 5.74) is 0. The number of rotatable bonds is 9. The minimum absolute atomic E-state index is 0.0294. The molecule has 3 aliphatic rings. The Morgan fingerprint density at radius 1 is 0.971 bits per heavy atom. The van der Waals surface area contributed by atoms with Crippen LogP contribution in [0.4, 0.5) is 17.8 Å². The van der Waals surface area contributed by atoms with Crippen molar-refractivity contribution in [2.24, 2.45) is 5.92 Å². The predicted molar refractivity (Wildman–Crippen MR) is 135 cm³/mol. The molecule has 1 aromatic rings. The molecular weight excluding hydrogens is 472 g/mol. The molecule has 1 unspecified atom stereocenters. The van der Waals surface area contributed by atoms with Crippen LogP contribution in [0.1, 0.15) is 46.5 Å². The van der Waals surface area contributed by atoms with Gasteiger partial charge in [0.25, 0.3) is 10.2 Å². The van der Waals surface area contributed by atoms with Crippen LogP contribution in [0, 0.1) is 5.92 Å². The highest BCUT2D eigenvalue weighted by molar-refractivity contribution is 7.87. The Balaban J connectivity index is 1.30. The molecule has 1 atom stereocenters. The molecular formula is C22H40N8O4S. The molecule has 0 bridgehead atoms. The summed E-state index contributed by atoms with van der Waals surface area (Å²) in [6.45, 7) is 10.9. The molecule has 3 fully saturated rings. The van der Waals surface area contributed by atoms with Gasteiger partial charge in [0.05, 0.1) is 26.4 Å². The second-order valence-electron chi connectivity index (χ2n) is 9.94. The van der Waals surface area contributed by atoms with Crippen LogP contribution in [0.15, 0.2) is 0 Å². The van der Waals surface area contributed by atoms with Crippen LogP contribution in [0.5, 0.6) is 0 Å². The van der Waals surface area contributed by atoms with E-state index in [9.17, 15) is 8.42 Å². The van der Waals surface area contributed by atoms with E-state index in [0.717, 1.165) is 45.3 Å². The van der Waals surface area contributed by atoms with Gasteiger partial charge in [-0.25, -0.2) is 0 Å². The Morgan fingerprint density at radius 3 is 2.34 bits per heavy atom. The first-order chi connectivity index (χ1) is 16.8. The van der Waals surface area contributed by atoms with Crippen molar-refractivity contribution in [3.63, 3.8) is 0 Å². The molecule has 3 N–H and O–H groups in total. The van der Waals surface area contributed by atoms with E-state index in [1.54, 1.807) is 0 Å². The largest absolute Gasteiger partial charge is 0.378 e. The second kappa shape index (κ2) is 12.0. The van der Waals surface area contributed by atoms with Crippen molar-refractivity contribution in [2.75, 3.05) is 68.1 Å². The van der Waals surface area contributed by atoms with Gasteiger partial charge in [0.15, 0.2) is 0 Å². The SMILES string of the molecule is CC(C)Nc1nc(NCC2CCC(NS(=O)(=O)N3CCOCC3C)CC2)nc(N2CCOCC2)n1. The summed E-state index contributed by atoms with van der Waals surface area (Å²) < 4.78 is 41.0. The molecule has 1 aromatic heterocycles. The average molecular weight is 513 g/mol. The lowest BCUT2D eigenvalue weighted by molar-refractivity contribution is 0.0384. The number of aromatic nitrogens is 3. The van der Waals surface area contributed by atoms with E-state index in [2.05, 4.69) is 49.1 Å². The fraction of sp³-hybridized carbons (Fsp3) is 0.864. The van der Waals surface area contributed by atoms with Gasteiger partial charge in [-0.2, -0.15) is 32.4 Å². The molecule has 35 heavy (non-hydrogen) atoms. The fourth-order valence-electron chi connectivity index (χ4n) is 4.74. The van der Waals surface area contributed by atoms with E-state index in [1.165, 1.54) is 4.31 Å². The monoisotopic (exact) mass is 512 g/mol. The Hall–Kier alpha value is -1.80. The maximum absolute atomic E-state index is 12.8. The van der Waals surface area contributed by atoms with Gasteiger partial charge >= 0.3 is 0 Å². The molecule has 198 valence electrons. The van der Waals surface area contributed by atoms with Gasteiger partial charge in [0, 0.05) is 44.3 Å². The second-order valence-corrected chi connectivity index (χ2v) is 11.6. The van der Waals surface area contributed by atoms with Gasteiger partial charge in [-0.1, -0.05) is 0 Å². The van der Waals surface area contributed by atoms with E-state index in [0.29, 0.717) is 56.7 Å². The Bertz CT molecular complexity index is 920. The summed E-state index contributed by atoms with van der Waals surface area (Å²) in [7, 11) is -3.50. The molecule has 0 radical (unpaired) electrons. The van der Waals surface area contributed by atoms with Gasteiger partial charge in [0.1, 0.15) is 0 Å². The number of ether oxygens (including phenoxy) is 2. The average Bonchev–Trinajstić information content (AvgIpc) is 2.83. The lowest BCUT2D eigenvalue weighted by Gasteiger charge is -2.35. The quantitative estimate of drug-likeness (QED) is 0.441. The Morgan fingerprint density at radius 2 is 1.66 bits per heavy atom. The third-order valence-corrected chi connectivity index (χ3v) is 8.45. The molecule has 1 saturated carbocycles. The van der Waals surface area contributed by atoms with Gasteiger partial charge in [-0.05, 0) is 52.4 Å². The number of anilines is 3. The minimum Gasteiger partial charge on any atom is -0.378 e. The standard InChI is InChI=1S/C22H40N8O4S/c1-16(2)24-21-25-20(26-22(27-21)29-8-11-33-12-9-29)23-14-18-4-6-19(7-5-18)28-35(31,32)30-10-13-34-15-17(30)3/h16-19,28H,4-15H2,1-3H3,(H2,23,24,25,26,27). The van der Waals surface area contributed by atoms with Crippen molar-refractivity contribution in [2.45, 2.75) is 64.6 Å². The van der Waals surface area contributed by atoms with Crippen LogP contribution in [0.25, 0.3) is 0 Å². The van der Waals surface area contributed by atoms with E-state index in [1.807, 2.05) is 6.92 Å². The summed E-state index contributed by atoms with van der Waals surface area (Å²) in [6.07, 6.45) is 3.52. The summed E-state index contributed by atoms with van der Waals surface area (Å²) in [5.74, 6) is 2.22. The van der Waals surface area contributed by atoms with Gasteiger partial charge < -0.3 is 25.0 Å². The molecule has 3 heterocycles. The summed E-state index contributed by atoms with van der Waals surface area (Å²) in [6, 6.07) is 0.0418. The van der Waals surface area contributed by atoms with Crippen molar-refractivity contribution >= 4 is 28.1 Å². The van der Waals surface area contributed by atoms with Crippen LogP contribution in [0.3, 0.4) is 0 Å². The number of hydrogen-bond donors (Lipinski definition) is 3. The predicted octanol–water partition coefficient (Wildman–Crippen LogP) is 1.05. The van der Waals surface area contributed by atoms with Gasteiger partial charge in [-0.15, -0.1) is 0 Å². The highest BCUT2D eigenvalue weighted by atomic mass is 32.2. The van der Waals surface area contributed by atoms with Crippen LogP contribution in [-0.2, 0) is 19.7 Å². The van der Waals surface area contributed by atoms with Crippen LogP contribution in [-0.4, -0.2) is 98.4 Å². The zero-order chi connectivity index (χ0) is 24.8. The highest BCUT2D eigenvalue weighted by Gasteiger charge is 2.33. The third-order valence-electron chi connectivity index (χ3n) is 6.66. The molecule has 0 amide bonds. The molecule has 2 saturated heterocycles. The number of morpholine rings is 2. The Kier molecular flexibility index (Phi) is 8.97. The first-order valence-corrected chi connectivity index (χ1v) is 14.2. The fourth-order valence-corrected chi connectivity index (χ4v) is 6.38. The van der Waals surface area contributed by atoms with Gasteiger partial charge in [-0.3, -0.25) is 0 Å². The maximum Gasteiger partial charge on any atom is 0.280 e. The highest BCUT2D eigenvalue weighted by Crippen LogP contribution is 2.26. The maximum atomic E-state index is 12.8. The molecule has 12 nitrogen and oxygen atoms in total. The third kappa shape index (κ3) is 7.35. The van der Waals surface area contributed by atoms with Crippen molar-refractivity contribution in [1.29, 1.82) is 0 Å². The van der Waals surface area contributed by atoms with Crippen molar-refractivity contribution in [1.82, 2.24) is 24.0 Å². The summed E-state index contributed by atoms with van der Waals surface area (Å²) in [4.78, 5) is 15.9. The molecule has 1 aliphatic carbocycles. The topological polar surface area (TPSA) is 134 Å². The number of nitrogens with one attached hydrogen (secondary N) is 3. The molecule has 2 aliphatic heterocycles. The van der Waals surface area contributed by atoms with Crippen LogP contribution in [0.2, 0.25) is 0 Å². The van der Waals surface area contributed by atoms with Crippen molar-refractivity contribution in [3.05, 3.63) is 0 Å². The molecule has 13 heteroatoms. The first kappa shape index (κ1) is 26.3. The molecule has 4 rings (SSSR count). The summed E-state index contributed by atoms with van der Waals surface area (Å²) >= 11 is 0. The smallest absolute Gasteiger partial charge is 0.280 e. The normalized spacial score (nSPS) is 26.6. The van der Waals surface area contributed by atoms with Crippen LogP contribution >= 0.6 is 0 Å². The van der Waals surface area contributed by atoms with E-state index in [4.69, 9.17) is 9.47 Å². The number of nitrogens with zero attached hydrogens (tertiary/aromatic N) is 5. The number of hydrogen-bond acceptors (Lipinski definition) is 10. The van der Waals surface area contributed by atoms with E-state index < -0.39 is 10.2 Å². The lowest BCUT2D eigenvalue weighted by atomic mass is 9.86. The lowest BCUT2D eigenvalue weighted by Crippen LogP contribution is -2.54. The van der Waals surface area contributed by atoms with Crippen molar-refractivity contribution in [3.8, 4) is 0 Å².